The van der Waals surface area contributed by atoms with Crippen molar-refractivity contribution in [2.24, 2.45) is 0 Å². The van der Waals surface area contributed by atoms with Gasteiger partial charge in [-0.3, -0.25) is 14.2 Å². The zero-order chi connectivity index (χ0) is 27.7. The van der Waals surface area contributed by atoms with Crippen LogP contribution >= 0.6 is 0 Å². The number of anilines is 1. The number of piperidine rings is 1. The first-order valence-electron chi connectivity index (χ1n) is 13.0. The van der Waals surface area contributed by atoms with Crippen molar-refractivity contribution in [3.8, 4) is 11.1 Å². The Hall–Kier alpha value is -3.64. The van der Waals surface area contributed by atoms with E-state index in [4.69, 9.17) is 0 Å². The maximum Gasteiger partial charge on any atom is 0.232 e. The van der Waals surface area contributed by atoms with Crippen molar-refractivity contribution in [2.75, 3.05) is 30.1 Å². The van der Waals surface area contributed by atoms with Gasteiger partial charge < -0.3 is 9.88 Å². The Bertz CT molecular complexity index is 1620. The quantitative estimate of drug-likeness (QED) is 0.288. The molecule has 1 fully saturated rings. The third-order valence-electron chi connectivity index (χ3n) is 7.15. The SMILES string of the molecule is CCCS(=O)(=O)Nc1ccc(F)c(C(=O)c2c[nH]c3ncc(-c4cnn(C5CCN(CC)CC5)c4)cc23)c1F. The van der Waals surface area contributed by atoms with E-state index in [1.807, 2.05) is 10.9 Å². The number of aromatic nitrogens is 4. The number of pyridine rings is 1. The molecule has 0 spiro atoms. The Kier molecular flexibility index (Phi) is 7.50. The van der Waals surface area contributed by atoms with E-state index in [2.05, 4.69) is 31.6 Å². The van der Waals surface area contributed by atoms with Gasteiger partial charge in [-0.1, -0.05) is 13.8 Å². The molecule has 5 rings (SSSR count). The van der Waals surface area contributed by atoms with Crippen LogP contribution in [0.3, 0.4) is 0 Å². The van der Waals surface area contributed by atoms with Crippen LogP contribution in [0.2, 0.25) is 0 Å². The van der Waals surface area contributed by atoms with Gasteiger partial charge in [0.1, 0.15) is 11.5 Å². The number of ketones is 1. The van der Waals surface area contributed by atoms with Crippen LogP contribution in [0.4, 0.5) is 14.5 Å². The van der Waals surface area contributed by atoms with E-state index in [-0.39, 0.29) is 11.3 Å². The zero-order valence-corrected chi connectivity index (χ0v) is 22.6. The molecule has 4 heterocycles. The molecule has 0 saturated carbocycles. The van der Waals surface area contributed by atoms with E-state index < -0.39 is 38.7 Å². The minimum atomic E-state index is -3.85. The number of hydrogen-bond donors (Lipinski definition) is 2. The van der Waals surface area contributed by atoms with Crippen LogP contribution in [0.15, 0.2) is 43.0 Å². The first-order chi connectivity index (χ1) is 18.7. The maximum absolute atomic E-state index is 15.3. The minimum absolute atomic E-state index is 0.0186. The number of carbonyl (C=O) groups is 1. The largest absolute Gasteiger partial charge is 0.345 e. The van der Waals surface area contributed by atoms with Gasteiger partial charge in [0.05, 0.1) is 29.2 Å². The highest BCUT2D eigenvalue weighted by molar-refractivity contribution is 7.92. The summed E-state index contributed by atoms with van der Waals surface area (Å²) < 4.78 is 58.4. The first-order valence-corrected chi connectivity index (χ1v) is 14.6. The molecule has 1 aliphatic heterocycles. The number of benzene rings is 1. The Morgan fingerprint density at radius 3 is 2.64 bits per heavy atom. The fourth-order valence-corrected chi connectivity index (χ4v) is 6.13. The van der Waals surface area contributed by atoms with Crippen molar-refractivity contribution in [3.63, 3.8) is 0 Å². The fourth-order valence-electron chi connectivity index (χ4n) is 5.00. The molecule has 0 radical (unpaired) electrons. The van der Waals surface area contributed by atoms with Gasteiger partial charge in [-0.2, -0.15) is 5.10 Å². The average molecular weight is 557 g/mol. The molecule has 1 saturated heterocycles. The summed E-state index contributed by atoms with van der Waals surface area (Å²) in [5, 5.41) is 4.94. The van der Waals surface area contributed by atoms with E-state index in [0.29, 0.717) is 29.1 Å². The molecule has 0 bridgehead atoms. The van der Waals surface area contributed by atoms with Crippen molar-refractivity contribution in [2.45, 2.75) is 39.2 Å². The number of nitrogens with one attached hydrogen (secondary N) is 2. The number of likely N-dealkylation sites (tertiary alicyclic amines) is 1. The zero-order valence-electron chi connectivity index (χ0n) is 21.7. The number of H-pyrrole nitrogens is 1. The lowest BCUT2D eigenvalue weighted by Crippen LogP contribution is -2.34. The van der Waals surface area contributed by atoms with Crippen molar-refractivity contribution in [1.29, 1.82) is 0 Å². The molecule has 1 aromatic carbocycles. The number of nitrogens with zero attached hydrogens (tertiary/aromatic N) is 4. The summed E-state index contributed by atoms with van der Waals surface area (Å²) in [6.07, 6.45) is 9.02. The molecule has 1 aliphatic rings. The second kappa shape index (κ2) is 10.9. The van der Waals surface area contributed by atoms with E-state index in [1.165, 1.54) is 6.20 Å². The monoisotopic (exact) mass is 556 g/mol. The molecular weight excluding hydrogens is 526 g/mol. The molecule has 39 heavy (non-hydrogen) atoms. The summed E-state index contributed by atoms with van der Waals surface area (Å²) in [7, 11) is -3.85. The maximum atomic E-state index is 15.3. The van der Waals surface area contributed by atoms with Gasteiger partial charge in [0.25, 0.3) is 0 Å². The third kappa shape index (κ3) is 5.44. The molecule has 0 amide bonds. The fraction of sp³-hybridized carbons (Fsp3) is 0.370. The van der Waals surface area contributed by atoms with E-state index in [9.17, 15) is 17.6 Å². The summed E-state index contributed by atoms with van der Waals surface area (Å²) in [5.41, 5.74) is 0.586. The van der Waals surface area contributed by atoms with Crippen molar-refractivity contribution in [1.82, 2.24) is 24.6 Å². The van der Waals surface area contributed by atoms with Crippen LogP contribution in [0.1, 0.15) is 55.1 Å². The smallest absolute Gasteiger partial charge is 0.232 e. The topological polar surface area (TPSA) is 113 Å². The van der Waals surface area contributed by atoms with Gasteiger partial charge in [0.15, 0.2) is 5.82 Å². The lowest BCUT2D eigenvalue weighted by Gasteiger charge is -2.31. The van der Waals surface area contributed by atoms with Gasteiger partial charge in [0.2, 0.25) is 15.8 Å². The second-order valence-electron chi connectivity index (χ2n) is 9.73. The predicted molar refractivity (Wildman–Crippen MR) is 145 cm³/mol. The Balaban J connectivity index is 1.45. The van der Waals surface area contributed by atoms with Crippen LogP contribution in [0.25, 0.3) is 22.2 Å². The highest BCUT2D eigenvalue weighted by atomic mass is 32.2. The molecule has 0 unspecified atom stereocenters. The number of sulfonamides is 1. The number of fused-ring (bicyclic) bond motifs is 1. The predicted octanol–water partition coefficient (Wildman–Crippen LogP) is 4.74. The molecule has 0 aliphatic carbocycles. The number of aromatic amines is 1. The highest BCUT2D eigenvalue weighted by Crippen LogP contribution is 2.30. The molecule has 0 atom stereocenters. The van der Waals surface area contributed by atoms with E-state index in [1.54, 1.807) is 25.4 Å². The number of rotatable bonds is 9. The van der Waals surface area contributed by atoms with E-state index in [0.717, 1.165) is 50.2 Å². The summed E-state index contributed by atoms with van der Waals surface area (Å²) in [6.45, 7) is 6.90. The molecular formula is C27H30F2N6O3S. The second-order valence-corrected chi connectivity index (χ2v) is 11.6. The molecule has 206 valence electrons. The molecule has 9 nitrogen and oxygen atoms in total. The first kappa shape index (κ1) is 26.9. The summed E-state index contributed by atoms with van der Waals surface area (Å²) in [5.74, 6) is -3.53. The molecule has 12 heteroatoms. The van der Waals surface area contributed by atoms with E-state index >= 15 is 4.39 Å². The van der Waals surface area contributed by atoms with Gasteiger partial charge in [-0.25, -0.2) is 22.2 Å². The van der Waals surface area contributed by atoms with Gasteiger partial charge in [-0.15, -0.1) is 0 Å². The van der Waals surface area contributed by atoms with Crippen LogP contribution in [-0.4, -0.2) is 64.2 Å². The van der Waals surface area contributed by atoms with Crippen LogP contribution < -0.4 is 4.72 Å². The van der Waals surface area contributed by atoms with Gasteiger partial charge in [-0.05, 0) is 44.0 Å². The standard InChI is InChI=1S/C27H30F2N6O3S/c1-3-11-39(37,38)33-23-6-5-22(28)24(25(23)29)26(36)21-15-31-27-20(21)12-17(13-30-27)18-14-32-35(16-18)19-7-9-34(4-2)10-8-19/h5-6,12-16,19,33H,3-4,7-11H2,1-2H3,(H,30,31). The van der Waals surface area contributed by atoms with Crippen LogP contribution in [-0.2, 0) is 10.0 Å². The molecule has 2 N–H and O–H groups in total. The third-order valence-corrected chi connectivity index (χ3v) is 8.62. The summed E-state index contributed by atoms with van der Waals surface area (Å²) in [4.78, 5) is 23.1. The molecule has 3 aromatic heterocycles. The minimum Gasteiger partial charge on any atom is -0.345 e. The number of halogens is 2. The number of hydrogen-bond acceptors (Lipinski definition) is 6. The Labute approximate surface area is 225 Å². The van der Waals surface area contributed by atoms with Crippen molar-refractivity contribution in [3.05, 3.63) is 65.7 Å². The van der Waals surface area contributed by atoms with Gasteiger partial charge in [0, 0.05) is 53.8 Å². The van der Waals surface area contributed by atoms with Crippen molar-refractivity contribution >= 4 is 32.5 Å². The average Bonchev–Trinajstić information content (AvgIpc) is 3.58. The summed E-state index contributed by atoms with van der Waals surface area (Å²) in [6, 6.07) is 3.87. The highest BCUT2D eigenvalue weighted by Gasteiger charge is 2.26. The lowest BCUT2D eigenvalue weighted by molar-refractivity contribution is 0.103. The van der Waals surface area contributed by atoms with Crippen molar-refractivity contribution < 1.29 is 22.0 Å². The van der Waals surface area contributed by atoms with Gasteiger partial charge >= 0.3 is 0 Å². The van der Waals surface area contributed by atoms with Crippen LogP contribution in [0.5, 0.6) is 0 Å². The Morgan fingerprint density at radius 1 is 1.15 bits per heavy atom. The Morgan fingerprint density at radius 2 is 1.92 bits per heavy atom. The normalized spacial score (nSPS) is 15.2. The lowest BCUT2D eigenvalue weighted by atomic mass is 10.0. The molecule has 4 aromatic rings. The number of carbonyl (C=O) groups excluding carboxylic acids is 1. The van der Waals surface area contributed by atoms with Crippen LogP contribution in [0, 0.1) is 11.6 Å². The summed E-state index contributed by atoms with van der Waals surface area (Å²) >= 11 is 0.